The third-order valence-corrected chi connectivity index (χ3v) is 3.73. The van der Waals surface area contributed by atoms with Crippen LogP contribution in [-0.4, -0.2) is 42.3 Å². The van der Waals surface area contributed by atoms with Crippen molar-refractivity contribution in [1.29, 1.82) is 0 Å². The van der Waals surface area contributed by atoms with Gasteiger partial charge in [0.25, 0.3) is 5.91 Å². The van der Waals surface area contributed by atoms with Crippen LogP contribution in [-0.2, 0) is 9.59 Å². The molecule has 5 nitrogen and oxygen atoms in total. The molecule has 1 N–H and O–H groups in total. The first-order valence-electron chi connectivity index (χ1n) is 7.01. The first-order valence-corrected chi connectivity index (χ1v) is 7.01. The standard InChI is InChI=1S/C17H20N2O3/c1-5-10-19-15(14(11(2)20)16(21)17(19)22)12-6-8-13(9-7-12)18(3)4/h5-9,15,21H,1,10H2,2-4H3. The van der Waals surface area contributed by atoms with E-state index in [2.05, 4.69) is 6.58 Å². The van der Waals surface area contributed by atoms with E-state index in [1.807, 2.05) is 43.3 Å². The normalized spacial score (nSPS) is 17.9. The Morgan fingerprint density at radius 2 is 1.95 bits per heavy atom. The second-order valence-corrected chi connectivity index (χ2v) is 5.45. The molecule has 1 aliphatic rings. The van der Waals surface area contributed by atoms with E-state index in [4.69, 9.17) is 0 Å². The SMILES string of the molecule is C=CCN1C(=O)C(O)=C(C(C)=O)C1c1ccc(N(C)C)cc1. The van der Waals surface area contributed by atoms with Crippen molar-refractivity contribution in [1.82, 2.24) is 4.90 Å². The minimum Gasteiger partial charge on any atom is -0.503 e. The third-order valence-electron chi connectivity index (χ3n) is 3.73. The molecule has 0 saturated carbocycles. The lowest BCUT2D eigenvalue weighted by Crippen LogP contribution is -2.31. The maximum atomic E-state index is 12.2. The summed E-state index contributed by atoms with van der Waals surface area (Å²) in [6, 6.07) is 6.99. The number of nitrogens with zero attached hydrogens (tertiary/aromatic N) is 2. The van der Waals surface area contributed by atoms with Crippen LogP contribution in [0.2, 0.25) is 0 Å². The smallest absolute Gasteiger partial charge is 0.290 e. The molecule has 2 rings (SSSR count). The molecule has 1 aliphatic heterocycles. The molecule has 1 heterocycles. The Morgan fingerprint density at radius 1 is 1.36 bits per heavy atom. The van der Waals surface area contributed by atoms with Gasteiger partial charge in [-0.2, -0.15) is 0 Å². The monoisotopic (exact) mass is 300 g/mol. The van der Waals surface area contributed by atoms with E-state index in [1.165, 1.54) is 11.8 Å². The summed E-state index contributed by atoms with van der Waals surface area (Å²) in [6.07, 6.45) is 1.58. The van der Waals surface area contributed by atoms with E-state index in [0.29, 0.717) is 0 Å². The lowest BCUT2D eigenvalue weighted by Gasteiger charge is -2.25. The maximum Gasteiger partial charge on any atom is 0.290 e. The van der Waals surface area contributed by atoms with Crippen molar-refractivity contribution in [2.45, 2.75) is 13.0 Å². The highest BCUT2D eigenvalue weighted by atomic mass is 16.3. The van der Waals surface area contributed by atoms with Gasteiger partial charge in [-0.3, -0.25) is 9.59 Å². The maximum absolute atomic E-state index is 12.2. The van der Waals surface area contributed by atoms with E-state index in [9.17, 15) is 14.7 Å². The van der Waals surface area contributed by atoms with Gasteiger partial charge in [0.05, 0.1) is 11.6 Å². The Kier molecular flexibility index (Phi) is 4.35. The van der Waals surface area contributed by atoms with Gasteiger partial charge >= 0.3 is 0 Å². The summed E-state index contributed by atoms with van der Waals surface area (Å²) in [5.74, 6) is -1.30. The molecule has 0 fully saturated rings. The van der Waals surface area contributed by atoms with E-state index in [-0.39, 0.29) is 17.9 Å². The van der Waals surface area contributed by atoms with Crippen molar-refractivity contribution in [3.05, 3.63) is 53.8 Å². The summed E-state index contributed by atoms with van der Waals surface area (Å²) in [5.41, 5.74) is 1.94. The largest absolute Gasteiger partial charge is 0.503 e. The summed E-state index contributed by atoms with van der Waals surface area (Å²) in [6.45, 7) is 5.26. The number of carbonyl (C=O) groups excluding carboxylic acids is 2. The molecule has 0 aliphatic carbocycles. The number of ketones is 1. The van der Waals surface area contributed by atoms with E-state index in [1.54, 1.807) is 6.08 Å². The van der Waals surface area contributed by atoms with Gasteiger partial charge in [-0.15, -0.1) is 6.58 Å². The van der Waals surface area contributed by atoms with Crippen LogP contribution in [0.25, 0.3) is 0 Å². The van der Waals surface area contributed by atoms with Gasteiger partial charge in [0.15, 0.2) is 11.5 Å². The Morgan fingerprint density at radius 3 is 2.41 bits per heavy atom. The Balaban J connectivity index is 2.49. The van der Waals surface area contributed by atoms with Gasteiger partial charge in [0.1, 0.15) is 0 Å². The second-order valence-electron chi connectivity index (χ2n) is 5.45. The van der Waals surface area contributed by atoms with Gasteiger partial charge in [0, 0.05) is 26.3 Å². The average Bonchev–Trinajstić information content (AvgIpc) is 2.72. The highest BCUT2D eigenvalue weighted by molar-refractivity contribution is 6.08. The van der Waals surface area contributed by atoms with E-state index in [0.717, 1.165) is 11.3 Å². The number of aliphatic hydroxyl groups excluding tert-OH is 1. The Labute approximate surface area is 130 Å². The quantitative estimate of drug-likeness (QED) is 0.847. The molecule has 5 heteroatoms. The summed E-state index contributed by atoms with van der Waals surface area (Å²) < 4.78 is 0. The van der Waals surface area contributed by atoms with Crippen LogP contribution < -0.4 is 4.90 Å². The molecule has 0 aromatic heterocycles. The van der Waals surface area contributed by atoms with Crippen LogP contribution in [0.15, 0.2) is 48.3 Å². The van der Waals surface area contributed by atoms with Gasteiger partial charge in [0.2, 0.25) is 0 Å². The minimum atomic E-state index is -0.570. The number of amides is 1. The second kappa shape index (κ2) is 6.05. The van der Waals surface area contributed by atoms with E-state index >= 15 is 0 Å². The van der Waals surface area contributed by atoms with Crippen molar-refractivity contribution < 1.29 is 14.7 Å². The van der Waals surface area contributed by atoms with Crippen molar-refractivity contribution in [2.75, 3.05) is 25.5 Å². The van der Waals surface area contributed by atoms with Gasteiger partial charge in [-0.1, -0.05) is 18.2 Å². The number of rotatable bonds is 5. The fraction of sp³-hybridized carbons (Fsp3) is 0.294. The molecular weight excluding hydrogens is 280 g/mol. The highest BCUT2D eigenvalue weighted by Gasteiger charge is 2.41. The summed E-state index contributed by atoms with van der Waals surface area (Å²) in [4.78, 5) is 27.5. The molecule has 1 amide bonds. The van der Waals surface area contributed by atoms with Crippen LogP contribution in [0.3, 0.4) is 0 Å². The lowest BCUT2D eigenvalue weighted by atomic mass is 9.96. The number of aliphatic hydroxyl groups is 1. The number of anilines is 1. The number of carbonyl (C=O) groups is 2. The molecule has 22 heavy (non-hydrogen) atoms. The minimum absolute atomic E-state index is 0.143. The Hall–Kier alpha value is -2.56. The predicted molar refractivity (Wildman–Crippen MR) is 85.8 cm³/mol. The number of hydrogen-bond donors (Lipinski definition) is 1. The summed E-state index contributed by atoms with van der Waals surface area (Å²) in [7, 11) is 3.87. The third kappa shape index (κ3) is 2.62. The van der Waals surface area contributed by atoms with Gasteiger partial charge < -0.3 is 14.9 Å². The molecule has 1 unspecified atom stereocenters. The van der Waals surface area contributed by atoms with Crippen molar-refractivity contribution in [3.63, 3.8) is 0 Å². The number of benzene rings is 1. The van der Waals surface area contributed by atoms with Crippen LogP contribution in [0.4, 0.5) is 5.69 Å². The average molecular weight is 300 g/mol. The fourth-order valence-corrected chi connectivity index (χ4v) is 2.64. The first kappa shape index (κ1) is 15.8. The van der Waals surface area contributed by atoms with Crippen LogP contribution >= 0.6 is 0 Å². The molecule has 1 aromatic carbocycles. The topological polar surface area (TPSA) is 60.9 Å². The molecule has 0 spiro atoms. The van der Waals surface area contributed by atoms with Gasteiger partial charge in [-0.25, -0.2) is 0 Å². The molecular formula is C17H20N2O3. The zero-order chi connectivity index (χ0) is 16.4. The summed E-state index contributed by atoms with van der Waals surface area (Å²) in [5, 5.41) is 10.0. The van der Waals surface area contributed by atoms with Crippen molar-refractivity contribution >= 4 is 17.4 Å². The molecule has 1 atom stereocenters. The number of Topliss-reactive ketones (excluding diaryl/α,β-unsaturated/α-hetero) is 1. The van der Waals surface area contributed by atoms with E-state index < -0.39 is 17.7 Å². The lowest BCUT2D eigenvalue weighted by molar-refractivity contribution is -0.128. The predicted octanol–water partition coefficient (Wildman–Crippen LogP) is 2.22. The molecule has 0 saturated heterocycles. The summed E-state index contributed by atoms with van der Waals surface area (Å²) >= 11 is 0. The zero-order valence-electron chi connectivity index (χ0n) is 13.0. The molecule has 1 aromatic rings. The highest BCUT2D eigenvalue weighted by Crippen LogP contribution is 2.37. The Bertz CT molecular complexity index is 644. The van der Waals surface area contributed by atoms with Crippen molar-refractivity contribution in [2.24, 2.45) is 0 Å². The molecule has 0 bridgehead atoms. The van der Waals surface area contributed by atoms with Crippen LogP contribution in [0.5, 0.6) is 0 Å². The van der Waals surface area contributed by atoms with Crippen LogP contribution in [0, 0.1) is 0 Å². The molecule has 116 valence electrons. The first-order chi connectivity index (χ1) is 10.4. The van der Waals surface area contributed by atoms with Crippen LogP contribution in [0.1, 0.15) is 18.5 Å². The van der Waals surface area contributed by atoms with Crippen molar-refractivity contribution in [3.8, 4) is 0 Å². The number of hydrogen-bond acceptors (Lipinski definition) is 4. The molecule has 0 radical (unpaired) electrons. The van der Waals surface area contributed by atoms with Gasteiger partial charge in [-0.05, 0) is 24.6 Å². The fourth-order valence-electron chi connectivity index (χ4n) is 2.64. The zero-order valence-corrected chi connectivity index (χ0v) is 13.0.